The zero-order valence-corrected chi connectivity index (χ0v) is 10.7. The molecule has 0 aromatic carbocycles. The first-order valence-electron chi connectivity index (χ1n) is 6.43. The Bertz CT molecular complexity index is 230. The molecule has 86 valence electrons. The molecule has 0 radical (unpaired) electrons. The van der Waals surface area contributed by atoms with Gasteiger partial charge in [0.15, 0.2) is 0 Å². The fourth-order valence-corrected chi connectivity index (χ4v) is 2.32. The number of hydrogen-bond acceptors (Lipinski definition) is 0. The maximum Gasteiger partial charge on any atom is -0.0144 e. The van der Waals surface area contributed by atoms with Crippen LogP contribution in [0, 0.1) is 5.41 Å². The Balaban J connectivity index is 2.47. The highest BCUT2D eigenvalue weighted by atomic mass is 14.2. The van der Waals surface area contributed by atoms with E-state index in [4.69, 9.17) is 0 Å². The van der Waals surface area contributed by atoms with Crippen molar-refractivity contribution in [1.82, 2.24) is 0 Å². The zero-order chi connectivity index (χ0) is 11.1. The van der Waals surface area contributed by atoms with Crippen LogP contribution in [0.25, 0.3) is 0 Å². The lowest BCUT2D eigenvalue weighted by Gasteiger charge is -2.27. The molecular weight excluding hydrogens is 180 g/mol. The van der Waals surface area contributed by atoms with Gasteiger partial charge in [-0.25, -0.2) is 0 Å². The van der Waals surface area contributed by atoms with E-state index in [9.17, 15) is 0 Å². The van der Waals surface area contributed by atoms with E-state index in [0.717, 1.165) is 0 Å². The molecule has 0 aromatic heterocycles. The average molecular weight is 206 g/mol. The highest BCUT2D eigenvalue weighted by molar-refractivity contribution is 5.01. The van der Waals surface area contributed by atoms with Crippen LogP contribution in [-0.2, 0) is 0 Å². The molecule has 0 bridgehead atoms. The second-order valence-corrected chi connectivity index (χ2v) is 5.48. The van der Waals surface area contributed by atoms with Gasteiger partial charge in [0.2, 0.25) is 0 Å². The lowest BCUT2D eigenvalue weighted by Crippen LogP contribution is -2.13. The third-order valence-electron chi connectivity index (χ3n) is 3.41. The number of rotatable bonds is 3. The van der Waals surface area contributed by atoms with Crippen LogP contribution < -0.4 is 0 Å². The molecule has 1 aliphatic carbocycles. The maximum absolute atomic E-state index is 2.48. The van der Waals surface area contributed by atoms with E-state index in [1.54, 1.807) is 0 Å². The Morgan fingerprint density at radius 3 is 2.80 bits per heavy atom. The Kier molecular flexibility index (Phi) is 5.14. The second-order valence-electron chi connectivity index (χ2n) is 5.48. The first-order chi connectivity index (χ1) is 7.12. The predicted octanol–water partition coefficient (Wildman–Crippen LogP) is 5.26. The Morgan fingerprint density at radius 1 is 1.27 bits per heavy atom. The van der Waals surface area contributed by atoms with Gasteiger partial charge in [0, 0.05) is 0 Å². The molecule has 15 heavy (non-hydrogen) atoms. The normalized spacial score (nSPS) is 29.0. The summed E-state index contributed by atoms with van der Waals surface area (Å²) in [6.07, 6.45) is 16.7. The quantitative estimate of drug-likeness (QED) is 0.553. The molecule has 1 rings (SSSR count). The predicted molar refractivity (Wildman–Crippen MR) is 69.0 cm³/mol. The van der Waals surface area contributed by atoms with Crippen molar-refractivity contribution in [2.45, 2.75) is 65.7 Å². The summed E-state index contributed by atoms with van der Waals surface area (Å²) in [4.78, 5) is 0. The summed E-state index contributed by atoms with van der Waals surface area (Å²) in [5.41, 5.74) is 1.92. The standard InChI is InChI=1S/C15H26/c1-14(2)10-9-13-15(3)11-7-5-4-6-8-12-15/h7,10-11H,4-6,8-9,12-13H2,1-3H3/b11-7-. The van der Waals surface area contributed by atoms with Gasteiger partial charge in [-0.15, -0.1) is 0 Å². The second kappa shape index (κ2) is 6.15. The summed E-state index contributed by atoms with van der Waals surface area (Å²) in [6.45, 7) is 6.81. The fourth-order valence-electron chi connectivity index (χ4n) is 2.32. The molecule has 0 aromatic rings. The van der Waals surface area contributed by atoms with Crippen molar-refractivity contribution in [1.29, 1.82) is 0 Å². The van der Waals surface area contributed by atoms with E-state index in [1.165, 1.54) is 50.5 Å². The summed E-state index contributed by atoms with van der Waals surface area (Å²) >= 11 is 0. The van der Waals surface area contributed by atoms with E-state index >= 15 is 0 Å². The Hall–Kier alpha value is -0.520. The minimum Gasteiger partial charge on any atom is -0.0880 e. The van der Waals surface area contributed by atoms with E-state index in [-0.39, 0.29) is 0 Å². The average Bonchev–Trinajstić information content (AvgIpc) is 2.12. The summed E-state index contributed by atoms with van der Waals surface area (Å²) in [5.74, 6) is 0. The van der Waals surface area contributed by atoms with Crippen LogP contribution in [0.5, 0.6) is 0 Å². The van der Waals surface area contributed by atoms with Crippen molar-refractivity contribution in [3.8, 4) is 0 Å². The third-order valence-corrected chi connectivity index (χ3v) is 3.41. The molecule has 1 unspecified atom stereocenters. The molecule has 0 nitrogen and oxygen atoms in total. The minimum atomic E-state index is 0.465. The van der Waals surface area contributed by atoms with Crippen LogP contribution in [0.4, 0.5) is 0 Å². The summed E-state index contributed by atoms with van der Waals surface area (Å²) in [6, 6.07) is 0. The van der Waals surface area contributed by atoms with Crippen LogP contribution in [0.1, 0.15) is 65.7 Å². The van der Waals surface area contributed by atoms with Crippen LogP contribution in [-0.4, -0.2) is 0 Å². The molecule has 0 amide bonds. The Labute approximate surface area is 95.5 Å². The first-order valence-corrected chi connectivity index (χ1v) is 6.43. The summed E-state index contributed by atoms with van der Waals surface area (Å²) < 4.78 is 0. The third kappa shape index (κ3) is 5.20. The Morgan fingerprint density at radius 2 is 2.07 bits per heavy atom. The molecule has 0 saturated heterocycles. The molecule has 0 spiro atoms. The van der Waals surface area contributed by atoms with E-state index in [2.05, 4.69) is 39.0 Å². The molecule has 1 aliphatic rings. The molecule has 1 atom stereocenters. The monoisotopic (exact) mass is 206 g/mol. The van der Waals surface area contributed by atoms with Crippen molar-refractivity contribution in [3.63, 3.8) is 0 Å². The van der Waals surface area contributed by atoms with Gasteiger partial charge in [0.1, 0.15) is 0 Å². The van der Waals surface area contributed by atoms with E-state index in [1.807, 2.05) is 0 Å². The van der Waals surface area contributed by atoms with Gasteiger partial charge >= 0.3 is 0 Å². The lowest BCUT2D eigenvalue weighted by atomic mass is 9.78. The number of hydrogen-bond donors (Lipinski definition) is 0. The van der Waals surface area contributed by atoms with Gasteiger partial charge in [-0.2, -0.15) is 0 Å². The van der Waals surface area contributed by atoms with Crippen LogP contribution in [0.3, 0.4) is 0 Å². The van der Waals surface area contributed by atoms with Crippen molar-refractivity contribution < 1.29 is 0 Å². The van der Waals surface area contributed by atoms with Crippen molar-refractivity contribution in [3.05, 3.63) is 23.8 Å². The van der Waals surface area contributed by atoms with Crippen LogP contribution in [0.2, 0.25) is 0 Å². The minimum absolute atomic E-state index is 0.465. The van der Waals surface area contributed by atoms with E-state index in [0.29, 0.717) is 5.41 Å². The molecule has 0 aliphatic heterocycles. The fraction of sp³-hybridized carbons (Fsp3) is 0.733. The largest absolute Gasteiger partial charge is 0.0880 e. The van der Waals surface area contributed by atoms with Gasteiger partial charge < -0.3 is 0 Å². The molecule has 0 heteroatoms. The van der Waals surface area contributed by atoms with Crippen molar-refractivity contribution in [2.24, 2.45) is 5.41 Å². The number of allylic oxidation sites excluding steroid dienone is 4. The molecule has 0 fully saturated rings. The molecule has 0 heterocycles. The first kappa shape index (κ1) is 12.5. The highest BCUT2D eigenvalue weighted by Gasteiger charge is 2.20. The zero-order valence-electron chi connectivity index (χ0n) is 10.7. The topological polar surface area (TPSA) is 0 Å². The summed E-state index contributed by atoms with van der Waals surface area (Å²) in [5, 5.41) is 0. The van der Waals surface area contributed by atoms with Gasteiger partial charge in [-0.1, -0.05) is 43.6 Å². The van der Waals surface area contributed by atoms with Crippen LogP contribution in [0.15, 0.2) is 23.8 Å². The lowest BCUT2D eigenvalue weighted by molar-refractivity contribution is 0.340. The maximum atomic E-state index is 2.48. The van der Waals surface area contributed by atoms with E-state index < -0.39 is 0 Å². The molecule has 0 saturated carbocycles. The summed E-state index contributed by atoms with van der Waals surface area (Å²) in [7, 11) is 0. The smallest absolute Gasteiger partial charge is 0.0144 e. The van der Waals surface area contributed by atoms with Crippen LogP contribution >= 0.6 is 0 Å². The molecule has 0 N–H and O–H groups in total. The van der Waals surface area contributed by atoms with Gasteiger partial charge in [-0.3, -0.25) is 0 Å². The molecular formula is C15H26. The SMILES string of the molecule is CC(C)=CCCC1(C)/C=C\CCCCC1. The van der Waals surface area contributed by atoms with Gasteiger partial charge in [0.05, 0.1) is 0 Å². The van der Waals surface area contributed by atoms with Crippen molar-refractivity contribution >= 4 is 0 Å². The highest BCUT2D eigenvalue weighted by Crippen LogP contribution is 2.33. The van der Waals surface area contributed by atoms with Gasteiger partial charge in [0.25, 0.3) is 0 Å². The van der Waals surface area contributed by atoms with Gasteiger partial charge in [-0.05, 0) is 51.4 Å². The van der Waals surface area contributed by atoms with Crippen molar-refractivity contribution in [2.75, 3.05) is 0 Å².